The van der Waals surface area contributed by atoms with Crippen LogP contribution in [0.5, 0.6) is 0 Å². The number of anilines is 1. The molecule has 4 nitrogen and oxygen atoms in total. The van der Waals surface area contributed by atoms with Crippen LogP contribution >= 0.6 is 11.6 Å². The van der Waals surface area contributed by atoms with Crippen LogP contribution in [0.2, 0.25) is 5.02 Å². The summed E-state index contributed by atoms with van der Waals surface area (Å²) in [6, 6.07) is 7.44. The molecule has 0 aliphatic heterocycles. The maximum atomic E-state index is 12.0. The van der Waals surface area contributed by atoms with Gasteiger partial charge in [0.15, 0.2) is 0 Å². The maximum Gasteiger partial charge on any atom is 0.290 e. The SMILES string of the molecule is Nc1c(C2CC2)[nH]n(Cc2ccc(Cl)cc2)c1=O. The van der Waals surface area contributed by atoms with Crippen molar-refractivity contribution in [3.05, 3.63) is 50.9 Å². The van der Waals surface area contributed by atoms with Gasteiger partial charge >= 0.3 is 0 Å². The fourth-order valence-corrected chi connectivity index (χ4v) is 2.21. The van der Waals surface area contributed by atoms with E-state index in [1.54, 1.807) is 4.68 Å². The van der Waals surface area contributed by atoms with Crippen molar-refractivity contribution in [2.75, 3.05) is 5.73 Å². The Morgan fingerprint density at radius 1 is 1.33 bits per heavy atom. The van der Waals surface area contributed by atoms with Crippen LogP contribution in [0.1, 0.15) is 30.0 Å². The largest absolute Gasteiger partial charge is 0.393 e. The molecule has 0 saturated heterocycles. The summed E-state index contributed by atoms with van der Waals surface area (Å²) in [7, 11) is 0. The van der Waals surface area contributed by atoms with Crippen LogP contribution in [-0.4, -0.2) is 9.78 Å². The van der Waals surface area contributed by atoms with Crippen molar-refractivity contribution in [3.63, 3.8) is 0 Å². The smallest absolute Gasteiger partial charge is 0.290 e. The van der Waals surface area contributed by atoms with E-state index in [-0.39, 0.29) is 5.56 Å². The van der Waals surface area contributed by atoms with Crippen molar-refractivity contribution >= 4 is 17.3 Å². The normalized spacial score (nSPS) is 14.9. The molecule has 0 bridgehead atoms. The highest BCUT2D eigenvalue weighted by Gasteiger charge is 2.29. The van der Waals surface area contributed by atoms with Gasteiger partial charge in [-0.05, 0) is 30.5 Å². The van der Waals surface area contributed by atoms with Gasteiger partial charge in [-0.2, -0.15) is 0 Å². The summed E-state index contributed by atoms with van der Waals surface area (Å²) < 4.78 is 1.56. The molecule has 2 aromatic rings. The Morgan fingerprint density at radius 2 is 2.00 bits per heavy atom. The zero-order valence-corrected chi connectivity index (χ0v) is 10.6. The monoisotopic (exact) mass is 263 g/mol. The second-order valence-corrected chi connectivity index (χ2v) is 5.17. The molecule has 0 unspecified atom stereocenters. The summed E-state index contributed by atoms with van der Waals surface area (Å²) in [5.41, 5.74) is 7.99. The van der Waals surface area contributed by atoms with Gasteiger partial charge in [0.05, 0.1) is 12.2 Å². The van der Waals surface area contributed by atoms with Crippen LogP contribution in [0.25, 0.3) is 0 Å². The van der Waals surface area contributed by atoms with Crippen LogP contribution in [-0.2, 0) is 6.54 Å². The van der Waals surface area contributed by atoms with E-state index in [0.717, 1.165) is 24.1 Å². The first-order valence-electron chi connectivity index (χ1n) is 5.98. The van der Waals surface area contributed by atoms with E-state index in [1.165, 1.54) is 0 Å². The van der Waals surface area contributed by atoms with Gasteiger partial charge in [0, 0.05) is 10.9 Å². The summed E-state index contributed by atoms with van der Waals surface area (Å²) in [5.74, 6) is 0.448. The topological polar surface area (TPSA) is 63.8 Å². The van der Waals surface area contributed by atoms with Crippen LogP contribution in [0.15, 0.2) is 29.1 Å². The Balaban J connectivity index is 1.90. The Hall–Kier alpha value is -1.68. The predicted octanol–water partition coefficient (Wildman–Crippen LogP) is 2.34. The Bertz CT molecular complexity index is 623. The number of halogens is 1. The second kappa shape index (κ2) is 4.21. The van der Waals surface area contributed by atoms with Crippen molar-refractivity contribution in [1.82, 2.24) is 9.78 Å². The molecule has 1 heterocycles. The Kier molecular flexibility index (Phi) is 2.67. The number of aromatic nitrogens is 2. The molecular weight excluding hydrogens is 250 g/mol. The number of nitrogens with one attached hydrogen (secondary N) is 1. The molecule has 1 aliphatic carbocycles. The van der Waals surface area contributed by atoms with Crippen LogP contribution in [0, 0.1) is 0 Å². The maximum absolute atomic E-state index is 12.0. The van der Waals surface area contributed by atoms with Gasteiger partial charge in [0.25, 0.3) is 5.56 Å². The lowest BCUT2D eigenvalue weighted by molar-refractivity contribution is 0.652. The van der Waals surface area contributed by atoms with Gasteiger partial charge in [-0.15, -0.1) is 0 Å². The molecule has 3 N–H and O–H groups in total. The molecule has 0 amide bonds. The number of H-pyrrole nitrogens is 1. The molecular formula is C13H14ClN3O. The molecule has 1 fully saturated rings. The quantitative estimate of drug-likeness (QED) is 0.893. The van der Waals surface area contributed by atoms with E-state index in [4.69, 9.17) is 17.3 Å². The molecule has 0 radical (unpaired) electrons. The average Bonchev–Trinajstić information content (AvgIpc) is 3.15. The number of nitrogen functional groups attached to an aromatic ring is 1. The molecule has 1 aliphatic rings. The second-order valence-electron chi connectivity index (χ2n) is 4.73. The standard InChI is InChI=1S/C13H14ClN3O/c14-10-5-1-8(2-6-10)7-17-13(18)11(15)12(16-17)9-3-4-9/h1-2,5-6,9,16H,3-4,7,15H2. The number of nitrogens with zero attached hydrogens (tertiary/aromatic N) is 1. The van der Waals surface area contributed by atoms with Gasteiger partial charge in [-0.25, -0.2) is 4.68 Å². The Morgan fingerprint density at radius 3 is 2.61 bits per heavy atom. The van der Waals surface area contributed by atoms with Gasteiger partial charge in [0.1, 0.15) is 5.69 Å². The highest BCUT2D eigenvalue weighted by molar-refractivity contribution is 6.30. The van der Waals surface area contributed by atoms with Gasteiger partial charge in [0.2, 0.25) is 0 Å². The fraction of sp³-hybridized carbons (Fsp3) is 0.308. The number of rotatable bonds is 3. The van der Waals surface area contributed by atoms with E-state index < -0.39 is 0 Å². The van der Waals surface area contributed by atoms with E-state index >= 15 is 0 Å². The molecule has 0 atom stereocenters. The van der Waals surface area contributed by atoms with Crippen LogP contribution < -0.4 is 11.3 Å². The lowest BCUT2D eigenvalue weighted by atomic mass is 10.2. The molecule has 1 aromatic carbocycles. The third kappa shape index (κ3) is 2.04. The molecule has 1 aromatic heterocycles. The van der Waals surface area contributed by atoms with E-state index in [9.17, 15) is 4.79 Å². The summed E-state index contributed by atoms with van der Waals surface area (Å²) in [4.78, 5) is 12.0. The average molecular weight is 264 g/mol. The number of nitrogens with two attached hydrogens (primary N) is 1. The minimum Gasteiger partial charge on any atom is -0.393 e. The molecule has 3 rings (SSSR count). The summed E-state index contributed by atoms with van der Waals surface area (Å²) in [6.45, 7) is 0.493. The summed E-state index contributed by atoms with van der Waals surface area (Å²) in [6.07, 6.45) is 2.23. The van der Waals surface area contributed by atoms with Crippen molar-refractivity contribution in [2.45, 2.75) is 25.3 Å². The molecule has 1 saturated carbocycles. The molecule has 18 heavy (non-hydrogen) atoms. The van der Waals surface area contributed by atoms with Gasteiger partial charge in [-0.3, -0.25) is 9.89 Å². The first-order chi connectivity index (χ1) is 8.65. The highest BCUT2D eigenvalue weighted by Crippen LogP contribution is 2.40. The third-order valence-electron chi connectivity index (χ3n) is 3.26. The fourth-order valence-electron chi connectivity index (χ4n) is 2.08. The minimum atomic E-state index is -0.133. The Labute approximate surface area is 109 Å². The lowest BCUT2D eigenvalue weighted by Gasteiger charge is -2.02. The molecule has 0 spiro atoms. The van der Waals surface area contributed by atoms with E-state index in [0.29, 0.717) is 23.2 Å². The molecule has 5 heteroatoms. The number of hydrogen-bond donors (Lipinski definition) is 2. The number of hydrogen-bond acceptors (Lipinski definition) is 2. The summed E-state index contributed by atoms with van der Waals surface area (Å²) >= 11 is 5.83. The van der Waals surface area contributed by atoms with Crippen LogP contribution in [0.3, 0.4) is 0 Å². The number of aromatic amines is 1. The molecule has 94 valence electrons. The van der Waals surface area contributed by atoms with Gasteiger partial charge < -0.3 is 5.73 Å². The first-order valence-corrected chi connectivity index (χ1v) is 6.35. The van der Waals surface area contributed by atoms with Crippen molar-refractivity contribution in [1.29, 1.82) is 0 Å². The highest BCUT2D eigenvalue weighted by atomic mass is 35.5. The summed E-state index contributed by atoms with van der Waals surface area (Å²) in [5, 5.41) is 3.81. The minimum absolute atomic E-state index is 0.133. The van der Waals surface area contributed by atoms with E-state index in [1.807, 2.05) is 24.3 Å². The first kappa shape index (κ1) is 11.4. The zero-order valence-electron chi connectivity index (χ0n) is 9.82. The van der Waals surface area contributed by atoms with Crippen molar-refractivity contribution in [2.24, 2.45) is 0 Å². The predicted molar refractivity (Wildman–Crippen MR) is 72.0 cm³/mol. The lowest BCUT2D eigenvalue weighted by Crippen LogP contribution is -2.19. The van der Waals surface area contributed by atoms with E-state index in [2.05, 4.69) is 5.10 Å². The third-order valence-corrected chi connectivity index (χ3v) is 3.51. The zero-order chi connectivity index (χ0) is 12.7. The van der Waals surface area contributed by atoms with Gasteiger partial charge in [-0.1, -0.05) is 23.7 Å². The van der Waals surface area contributed by atoms with Crippen molar-refractivity contribution < 1.29 is 0 Å². The van der Waals surface area contributed by atoms with Crippen molar-refractivity contribution in [3.8, 4) is 0 Å². The van der Waals surface area contributed by atoms with Crippen LogP contribution in [0.4, 0.5) is 5.69 Å². The number of benzene rings is 1.